The quantitative estimate of drug-likeness (QED) is 0.480. The van der Waals surface area contributed by atoms with Gasteiger partial charge in [0.25, 0.3) is 5.56 Å². The van der Waals surface area contributed by atoms with E-state index in [-0.39, 0.29) is 33.8 Å². The predicted octanol–water partition coefficient (Wildman–Crippen LogP) is 3.81. The lowest BCUT2D eigenvalue weighted by Gasteiger charge is -2.09. The van der Waals surface area contributed by atoms with E-state index in [0.717, 1.165) is 4.52 Å². The van der Waals surface area contributed by atoms with Gasteiger partial charge >= 0.3 is 6.18 Å². The highest BCUT2D eigenvalue weighted by molar-refractivity contribution is 5.93. The smallest absolute Gasteiger partial charge is 0.433 e. The van der Waals surface area contributed by atoms with Gasteiger partial charge in [0.2, 0.25) is 5.91 Å². The highest BCUT2D eigenvalue weighted by atomic mass is 19.4. The van der Waals surface area contributed by atoms with Gasteiger partial charge in [0, 0.05) is 11.3 Å². The van der Waals surface area contributed by atoms with Crippen molar-refractivity contribution in [2.45, 2.75) is 19.5 Å². The molecule has 0 atom stereocenters. The van der Waals surface area contributed by atoms with E-state index in [1.165, 1.54) is 32.2 Å². The molecule has 0 fully saturated rings. The van der Waals surface area contributed by atoms with Gasteiger partial charge in [0.15, 0.2) is 11.4 Å². The van der Waals surface area contributed by atoms with Gasteiger partial charge in [-0.3, -0.25) is 14.7 Å². The Hall–Kier alpha value is -4.26. The van der Waals surface area contributed by atoms with Crippen LogP contribution in [0.3, 0.4) is 0 Å². The summed E-state index contributed by atoms with van der Waals surface area (Å²) in [7, 11) is 1.40. The molecular formula is C23H17F3N4O3. The summed E-state index contributed by atoms with van der Waals surface area (Å²) in [5.74, 6) is -0.319. The molecule has 2 aromatic carbocycles. The third-order valence-electron chi connectivity index (χ3n) is 5.01. The zero-order valence-corrected chi connectivity index (χ0v) is 17.5. The molecule has 2 heterocycles. The van der Waals surface area contributed by atoms with Gasteiger partial charge in [-0.05, 0) is 30.7 Å². The number of fused-ring (bicyclic) bond motifs is 1. The molecule has 33 heavy (non-hydrogen) atoms. The number of benzene rings is 1. The van der Waals surface area contributed by atoms with Gasteiger partial charge < -0.3 is 10.1 Å². The van der Waals surface area contributed by atoms with Crippen molar-refractivity contribution < 1.29 is 22.7 Å². The monoisotopic (exact) mass is 454 g/mol. The molecule has 2 aromatic heterocycles. The number of methoxy groups -OCH3 is 1. The minimum absolute atomic E-state index is 0.0370. The van der Waals surface area contributed by atoms with Gasteiger partial charge in [-0.15, -0.1) is 0 Å². The molecule has 10 heteroatoms. The lowest BCUT2D eigenvalue weighted by atomic mass is 10.1. The number of alkyl halides is 3. The highest BCUT2D eigenvalue weighted by Crippen LogP contribution is 2.38. The zero-order valence-electron chi connectivity index (χ0n) is 17.5. The Kier molecular flexibility index (Phi) is 5.55. The number of hydrogen-bond donors (Lipinski definition) is 2. The SMILES string of the molecule is COc1c#cccc1NC(=O)Cc1c(C)nc2c(-c3ccccc3)c(C(F)(F)F)[nH]n2c1=O. The Labute approximate surface area is 185 Å². The van der Waals surface area contributed by atoms with Gasteiger partial charge in [0.1, 0.15) is 5.69 Å². The summed E-state index contributed by atoms with van der Waals surface area (Å²) in [6.07, 6.45) is -5.16. The number of hydrogen-bond acceptors (Lipinski definition) is 4. The van der Waals surface area contributed by atoms with Crippen molar-refractivity contribution >= 4 is 17.2 Å². The number of nitrogens with zero attached hydrogens (tertiary/aromatic N) is 2. The van der Waals surface area contributed by atoms with Crippen molar-refractivity contribution in [1.82, 2.24) is 14.6 Å². The topological polar surface area (TPSA) is 88.5 Å². The number of carbonyl (C=O) groups is 1. The van der Waals surface area contributed by atoms with E-state index in [0.29, 0.717) is 5.69 Å². The first-order valence-corrected chi connectivity index (χ1v) is 9.73. The molecule has 0 aliphatic rings. The standard InChI is InChI=1S/C23H17F3N4O3/c1-13-15(12-18(31)28-16-10-6-7-11-17(16)33-2)22(32)30-21(27-13)19(14-8-4-3-5-9-14)20(29-30)23(24,25)26/h3-6,8-10,29H,12H2,1-2H3,(H,28,31). The van der Waals surface area contributed by atoms with Crippen LogP contribution in [-0.2, 0) is 17.4 Å². The molecule has 1 amide bonds. The molecule has 0 spiro atoms. The van der Waals surface area contributed by atoms with Crippen LogP contribution in [0.15, 0.2) is 47.3 Å². The van der Waals surface area contributed by atoms with Crippen LogP contribution >= 0.6 is 0 Å². The molecule has 168 valence electrons. The Morgan fingerprint density at radius 2 is 1.97 bits per heavy atom. The largest absolute Gasteiger partial charge is 0.487 e. The van der Waals surface area contributed by atoms with Gasteiger partial charge in [-0.1, -0.05) is 36.4 Å². The van der Waals surface area contributed by atoms with Crippen LogP contribution in [0.5, 0.6) is 5.75 Å². The molecule has 0 saturated heterocycles. The third kappa shape index (κ3) is 4.13. The second-order valence-electron chi connectivity index (χ2n) is 7.14. The number of halogens is 3. The number of aryl methyl sites for hydroxylation is 1. The van der Waals surface area contributed by atoms with Crippen molar-refractivity contribution in [1.29, 1.82) is 0 Å². The second-order valence-corrected chi connectivity index (χ2v) is 7.14. The maximum atomic E-state index is 13.8. The number of anilines is 1. The zero-order chi connectivity index (χ0) is 23.8. The highest BCUT2D eigenvalue weighted by Gasteiger charge is 2.38. The molecule has 4 rings (SSSR count). The Morgan fingerprint density at radius 1 is 1.24 bits per heavy atom. The predicted molar refractivity (Wildman–Crippen MR) is 114 cm³/mol. The van der Waals surface area contributed by atoms with Crippen molar-refractivity contribution in [3.63, 3.8) is 0 Å². The number of nitrogens with one attached hydrogen (secondary N) is 2. The average Bonchev–Trinajstić information content (AvgIpc) is 3.17. The lowest BCUT2D eigenvalue weighted by molar-refractivity contribution is -0.140. The van der Waals surface area contributed by atoms with Crippen molar-refractivity contribution in [3.8, 4) is 16.9 Å². The molecular weight excluding hydrogens is 437 g/mol. The molecule has 2 N–H and O–H groups in total. The molecule has 0 bridgehead atoms. The first-order chi connectivity index (χ1) is 15.7. The van der Waals surface area contributed by atoms with E-state index in [1.54, 1.807) is 24.3 Å². The molecule has 0 aliphatic carbocycles. The van der Waals surface area contributed by atoms with Crippen molar-refractivity contribution in [3.05, 3.63) is 81.9 Å². The summed E-state index contributed by atoms with van der Waals surface area (Å²) in [5, 5.41) is 4.73. The van der Waals surface area contributed by atoms with E-state index in [4.69, 9.17) is 4.74 Å². The molecule has 0 saturated carbocycles. The number of H-pyrrole nitrogens is 1. The summed E-state index contributed by atoms with van der Waals surface area (Å²) in [4.78, 5) is 29.9. The van der Waals surface area contributed by atoms with E-state index >= 15 is 0 Å². The minimum Gasteiger partial charge on any atom is -0.487 e. The van der Waals surface area contributed by atoms with Crippen LogP contribution in [0.2, 0.25) is 0 Å². The molecule has 4 aromatic rings. The Morgan fingerprint density at radius 3 is 2.64 bits per heavy atom. The number of rotatable bonds is 5. The lowest BCUT2D eigenvalue weighted by Crippen LogP contribution is -2.26. The van der Waals surface area contributed by atoms with Gasteiger partial charge in [-0.2, -0.15) is 13.2 Å². The van der Waals surface area contributed by atoms with Crippen LogP contribution in [0.25, 0.3) is 16.8 Å². The number of ether oxygens (including phenoxy) is 1. The second kappa shape index (κ2) is 8.35. The van der Waals surface area contributed by atoms with Gasteiger partial charge in [0.05, 0.1) is 24.8 Å². The Balaban J connectivity index is 1.79. The molecule has 7 nitrogen and oxygen atoms in total. The maximum absolute atomic E-state index is 13.8. The van der Waals surface area contributed by atoms with Crippen LogP contribution in [0, 0.1) is 19.1 Å². The number of amides is 1. The number of aromatic amines is 1. The van der Waals surface area contributed by atoms with E-state index < -0.39 is 29.8 Å². The number of aromatic nitrogens is 3. The van der Waals surface area contributed by atoms with E-state index in [9.17, 15) is 22.8 Å². The average molecular weight is 454 g/mol. The summed E-state index contributed by atoms with van der Waals surface area (Å²) < 4.78 is 47.1. The fraction of sp³-hybridized carbons (Fsp3) is 0.174. The first kappa shape index (κ1) is 22.0. The summed E-state index contributed by atoms with van der Waals surface area (Å²) in [5.41, 5.74) is -1.61. The summed E-state index contributed by atoms with van der Waals surface area (Å²) >= 11 is 0. The molecule has 0 unspecified atom stereocenters. The van der Waals surface area contributed by atoms with Crippen LogP contribution in [0.1, 0.15) is 17.0 Å². The Bertz CT molecular complexity index is 1390. The minimum atomic E-state index is -4.76. The summed E-state index contributed by atoms with van der Waals surface area (Å²) in [6.45, 7) is 1.48. The maximum Gasteiger partial charge on any atom is 0.433 e. The van der Waals surface area contributed by atoms with Crippen LogP contribution in [-0.4, -0.2) is 27.6 Å². The molecule has 0 aliphatic heterocycles. The fourth-order valence-electron chi connectivity index (χ4n) is 3.49. The van der Waals surface area contributed by atoms with Gasteiger partial charge in [-0.25, -0.2) is 9.50 Å². The fourth-order valence-corrected chi connectivity index (χ4v) is 3.49. The van der Waals surface area contributed by atoms with E-state index in [2.05, 4.69) is 27.5 Å². The third-order valence-corrected chi connectivity index (χ3v) is 5.01. The summed E-state index contributed by atoms with van der Waals surface area (Å²) in [6, 6.07) is 16.3. The van der Waals surface area contributed by atoms with Crippen molar-refractivity contribution in [2.24, 2.45) is 0 Å². The van der Waals surface area contributed by atoms with Crippen LogP contribution in [0.4, 0.5) is 18.9 Å². The van der Waals surface area contributed by atoms with E-state index in [1.807, 2.05) is 0 Å². The van der Waals surface area contributed by atoms with Crippen molar-refractivity contribution in [2.75, 3.05) is 12.4 Å². The van der Waals surface area contributed by atoms with Crippen LogP contribution < -0.4 is 15.6 Å². The first-order valence-electron chi connectivity index (χ1n) is 9.73. The number of carbonyl (C=O) groups excluding carboxylic acids is 1. The molecule has 0 radical (unpaired) electrons. The normalized spacial score (nSPS) is 11.3.